The fraction of sp³-hybridized carbons (Fsp3) is 0.333. The molecule has 3 aromatic rings. The van der Waals surface area contributed by atoms with Gasteiger partial charge in [0.1, 0.15) is 6.04 Å². The van der Waals surface area contributed by atoms with Crippen molar-refractivity contribution < 1.29 is 18.0 Å². The van der Waals surface area contributed by atoms with Crippen LogP contribution in [0.5, 0.6) is 0 Å². The van der Waals surface area contributed by atoms with Crippen LogP contribution >= 0.6 is 23.2 Å². The first-order chi connectivity index (χ1) is 18.9. The van der Waals surface area contributed by atoms with Crippen molar-refractivity contribution in [2.75, 3.05) is 24.2 Å². The van der Waals surface area contributed by atoms with Crippen LogP contribution in [-0.4, -0.2) is 51.0 Å². The maximum absolute atomic E-state index is 13.8. The molecule has 2 amide bonds. The number of benzene rings is 3. The molecular weight excluding hydrogens is 569 g/mol. The van der Waals surface area contributed by atoms with E-state index in [0.717, 1.165) is 22.9 Å². The Kier molecular flexibility index (Phi) is 11.0. The van der Waals surface area contributed by atoms with E-state index in [4.69, 9.17) is 23.2 Å². The van der Waals surface area contributed by atoms with Crippen LogP contribution in [0.15, 0.2) is 66.7 Å². The van der Waals surface area contributed by atoms with Crippen LogP contribution < -0.4 is 9.62 Å². The first-order valence-electron chi connectivity index (χ1n) is 12.9. The number of halogens is 2. The lowest BCUT2D eigenvalue weighted by atomic mass is 10.0. The van der Waals surface area contributed by atoms with Crippen LogP contribution in [0.25, 0.3) is 0 Å². The van der Waals surface area contributed by atoms with Gasteiger partial charge in [-0.15, -0.1) is 0 Å². The number of hydrogen-bond donors (Lipinski definition) is 1. The summed E-state index contributed by atoms with van der Waals surface area (Å²) in [5.41, 5.74) is 3.99. The van der Waals surface area contributed by atoms with Gasteiger partial charge < -0.3 is 10.2 Å². The average molecular weight is 605 g/mol. The third kappa shape index (κ3) is 8.71. The van der Waals surface area contributed by atoms with Gasteiger partial charge in [-0.2, -0.15) is 0 Å². The summed E-state index contributed by atoms with van der Waals surface area (Å²) in [5, 5.41) is 3.53. The predicted octanol–water partition coefficient (Wildman–Crippen LogP) is 5.54. The van der Waals surface area contributed by atoms with E-state index in [9.17, 15) is 18.0 Å². The second-order valence-electron chi connectivity index (χ2n) is 9.86. The van der Waals surface area contributed by atoms with Gasteiger partial charge in [0.15, 0.2) is 0 Å². The topological polar surface area (TPSA) is 86.8 Å². The summed E-state index contributed by atoms with van der Waals surface area (Å²) in [7, 11) is -2.05. The van der Waals surface area contributed by atoms with Crippen molar-refractivity contribution in [1.82, 2.24) is 10.2 Å². The number of carbonyl (C=O) groups excluding carboxylic acids is 2. The van der Waals surface area contributed by atoms with Gasteiger partial charge in [0.25, 0.3) is 0 Å². The predicted molar refractivity (Wildman–Crippen MR) is 162 cm³/mol. The van der Waals surface area contributed by atoms with E-state index in [1.165, 1.54) is 16.3 Å². The van der Waals surface area contributed by atoms with Gasteiger partial charge in [-0.25, -0.2) is 8.42 Å². The molecule has 1 N–H and O–H groups in total. The molecular formula is C30H35Cl2N3O4S. The third-order valence-corrected chi connectivity index (χ3v) is 8.30. The number of carbonyl (C=O) groups is 2. The first kappa shape index (κ1) is 31.5. The molecule has 0 aliphatic carbocycles. The Labute approximate surface area is 247 Å². The number of aryl methyl sites for hydroxylation is 2. The summed E-state index contributed by atoms with van der Waals surface area (Å²) in [6.07, 6.45) is 1.75. The first-order valence-corrected chi connectivity index (χ1v) is 15.5. The lowest BCUT2D eigenvalue weighted by Crippen LogP contribution is -2.49. The quantitative estimate of drug-likeness (QED) is 0.294. The normalized spacial score (nSPS) is 12.1. The molecule has 0 aliphatic rings. The van der Waals surface area contributed by atoms with Gasteiger partial charge in [0, 0.05) is 43.0 Å². The summed E-state index contributed by atoms with van der Waals surface area (Å²) < 4.78 is 26.6. The Balaban J connectivity index is 1.88. The van der Waals surface area contributed by atoms with Crippen LogP contribution in [0.2, 0.25) is 10.0 Å². The molecule has 0 bridgehead atoms. The van der Waals surface area contributed by atoms with Crippen LogP contribution in [0.1, 0.15) is 35.1 Å². The molecule has 10 heteroatoms. The lowest BCUT2D eigenvalue weighted by Gasteiger charge is -2.32. The number of amides is 2. The summed E-state index contributed by atoms with van der Waals surface area (Å²) >= 11 is 12.5. The number of likely N-dealkylation sites (N-methyl/N-ethyl adjacent to an activating group) is 1. The minimum atomic E-state index is -3.59. The van der Waals surface area contributed by atoms with E-state index in [2.05, 4.69) is 5.32 Å². The Morgan fingerprint density at radius 2 is 1.60 bits per heavy atom. The Morgan fingerprint density at radius 1 is 0.950 bits per heavy atom. The minimum absolute atomic E-state index is 0.0321. The van der Waals surface area contributed by atoms with Crippen molar-refractivity contribution >= 4 is 50.7 Å². The number of sulfonamides is 1. The van der Waals surface area contributed by atoms with Gasteiger partial charge in [-0.3, -0.25) is 13.9 Å². The van der Waals surface area contributed by atoms with Crippen LogP contribution in [0.4, 0.5) is 5.69 Å². The molecule has 0 aromatic heterocycles. The number of nitrogens with zero attached hydrogens (tertiary/aromatic N) is 2. The largest absolute Gasteiger partial charge is 0.357 e. The van der Waals surface area contributed by atoms with Gasteiger partial charge in [-0.1, -0.05) is 65.7 Å². The smallest absolute Gasteiger partial charge is 0.242 e. The third-order valence-electron chi connectivity index (χ3n) is 6.52. The summed E-state index contributed by atoms with van der Waals surface area (Å²) in [4.78, 5) is 28.4. The van der Waals surface area contributed by atoms with Crippen LogP contribution in [-0.2, 0) is 32.6 Å². The highest BCUT2D eigenvalue weighted by molar-refractivity contribution is 7.92. The maximum atomic E-state index is 13.8. The molecule has 40 heavy (non-hydrogen) atoms. The van der Waals surface area contributed by atoms with E-state index in [0.29, 0.717) is 27.7 Å². The second-order valence-corrected chi connectivity index (χ2v) is 12.6. The SMILES string of the molecule is CNC(=O)[C@H](Cc1ccccc1)N(Cc1ccc(Cl)cc1Cl)C(=O)CCCN(c1cc(C)cc(C)c1)S(C)(=O)=O. The molecule has 7 nitrogen and oxygen atoms in total. The average Bonchev–Trinajstić information content (AvgIpc) is 2.88. The zero-order valence-electron chi connectivity index (χ0n) is 23.2. The minimum Gasteiger partial charge on any atom is -0.357 e. The molecule has 1 atom stereocenters. The molecule has 0 unspecified atom stereocenters. The van der Waals surface area contributed by atoms with E-state index < -0.39 is 16.1 Å². The fourth-order valence-corrected chi connectivity index (χ4v) is 6.07. The second kappa shape index (κ2) is 14.0. The molecule has 0 heterocycles. The Morgan fingerprint density at radius 3 is 2.17 bits per heavy atom. The molecule has 0 saturated heterocycles. The van der Waals surface area contributed by atoms with Crippen LogP contribution in [0.3, 0.4) is 0 Å². The lowest BCUT2D eigenvalue weighted by molar-refractivity contribution is -0.141. The molecule has 0 spiro atoms. The summed E-state index contributed by atoms with van der Waals surface area (Å²) in [6.45, 7) is 4.02. The Bertz CT molecular complexity index is 1430. The van der Waals surface area contributed by atoms with Crippen LogP contribution in [0, 0.1) is 13.8 Å². The van der Waals surface area contributed by atoms with Crippen molar-refractivity contribution in [3.05, 3.63) is 99.0 Å². The van der Waals surface area contributed by atoms with E-state index >= 15 is 0 Å². The number of anilines is 1. The molecule has 0 aliphatic heterocycles. The zero-order chi connectivity index (χ0) is 29.4. The molecule has 0 fully saturated rings. The molecule has 3 rings (SSSR count). The number of nitrogens with one attached hydrogen (secondary N) is 1. The highest BCUT2D eigenvalue weighted by atomic mass is 35.5. The highest BCUT2D eigenvalue weighted by Gasteiger charge is 2.30. The monoisotopic (exact) mass is 603 g/mol. The van der Waals surface area contributed by atoms with Gasteiger partial charge >= 0.3 is 0 Å². The van der Waals surface area contributed by atoms with E-state index in [1.807, 2.05) is 62.4 Å². The molecule has 0 saturated carbocycles. The van der Waals surface area contributed by atoms with E-state index in [1.54, 1.807) is 18.2 Å². The van der Waals surface area contributed by atoms with Crippen molar-refractivity contribution in [3.8, 4) is 0 Å². The van der Waals surface area contributed by atoms with Crippen molar-refractivity contribution in [3.63, 3.8) is 0 Å². The summed E-state index contributed by atoms with van der Waals surface area (Å²) in [6, 6.07) is 19.3. The number of hydrogen-bond acceptors (Lipinski definition) is 4. The Hall–Kier alpha value is -3.07. The van der Waals surface area contributed by atoms with Gasteiger partial charge in [-0.05, 0) is 66.8 Å². The fourth-order valence-electron chi connectivity index (χ4n) is 4.65. The standard InChI is InChI=1S/C30H35Cl2N3O4S/c1-21-15-22(2)17-26(16-21)35(40(4,38)39)14-8-11-29(36)34(20-24-12-13-25(31)19-27(24)32)28(30(37)33-3)18-23-9-6-5-7-10-23/h5-7,9-10,12-13,15-17,19,28H,8,11,14,18,20H2,1-4H3,(H,33,37)/t28-/m0/s1. The number of rotatable bonds is 12. The molecule has 214 valence electrons. The maximum Gasteiger partial charge on any atom is 0.242 e. The van der Waals surface area contributed by atoms with Gasteiger partial charge in [0.05, 0.1) is 11.9 Å². The zero-order valence-corrected chi connectivity index (χ0v) is 25.5. The molecule has 0 radical (unpaired) electrons. The highest BCUT2D eigenvalue weighted by Crippen LogP contribution is 2.26. The molecule has 3 aromatic carbocycles. The van der Waals surface area contributed by atoms with E-state index in [-0.39, 0.29) is 37.7 Å². The van der Waals surface area contributed by atoms with Crippen molar-refractivity contribution in [1.29, 1.82) is 0 Å². The van der Waals surface area contributed by atoms with Crippen molar-refractivity contribution in [2.24, 2.45) is 0 Å². The van der Waals surface area contributed by atoms with Crippen molar-refractivity contribution in [2.45, 2.75) is 45.7 Å². The van der Waals surface area contributed by atoms with Gasteiger partial charge in [0.2, 0.25) is 21.8 Å². The summed E-state index contributed by atoms with van der Waals surface area (Å²) in [5.74, 6) is -0.597.